The topological polar surface area (TPSA) is 48.5 Å². The average Bonchev–Trinajstić information content (AvgIpc) is 3.46. The van der Waals surface area contributed by atoms with E-state index < -0.39 is 0 Å². The predicted octanol–water partition coefficient (Wildman–Crippen LogP) is 5.67. The van der Waals surface area contributed by atoms with E-state index in [1.54, 1.807) is 23.9 Å². The van der Waals surface area contributed by atoms with E-state index in [4.69, 9.17) is 0 Å². The van der Waals surface area contributed by atoms with Crippen LogP contribution in [-0.2, 0) is 18.8 Å². The molecule has 0 fully saturated rings. The normalized spacial score (nSPS) is 11.1. The third-order valence-corrected chi connectivity index (χ3v) is 6.29. The van der Waals surface area contributed by atoms with E-state index in [-0.39, 0.29) is 5.82 Å². The molecule has 5 nitrogen and oxygen atoms in total. The van der Waals surface area contributed by atoms with Crippen LogP contribution >= 0.6 is 11.8 Å². The molecular weight excluding hydrogens is 433 g/mol. The van der Waals surface area contributed by atoms with E-state index in [1.165, 1.54) is 17.7 Å². The first kappa shape index (κ1) is 21.2. The van der Waals surface area contributed by atoms with Crippen molar-refractivity contribution in [3.63, 3.8) is 0 Å². The van der Waals surface area contributed by atoms with Crippen LogP contribution in [0.2, 0.25) is 0 Å². The van der Waals surface area contributed by atoms with Gasteiger partial charge in [-0.05, 0) is 35.4 Å². The van der Waals surface area contributed by atoms with Crippen LogP contribution in [0.15, 0.2) is 102 Å². The van der Waals surface area contributed by atoms with Crippen molar-refractivity contribution >= 4 is 11.8 Å². The van der Waals surface area contributed by atoms with Crippen molar-refractivity contribution in [2.45, 2.75) is 24.0 Å². The highest BCUT2D eigenvalue weighted by molar-refractivity contribution is 7.98. The molecule has 2 heterocycles. The van der Waals surface area contributed by atoms with Gasteiger partial charge >= 0.3 is 0 Å². The Kier molecular flexibility index (Phi) is 6.30. The van der Waals surface area contributed by atoms with Crippen molar-refractivity contribution in [3.05, 3.63) is 120 Å². The quantitative estimate of drug-likeness (QED) is 0.283. The van der Waals surface area contributed by atoms with Crippen LogP contribution in [0.5, 0.6) is 0 Å². The van der Waals surface area contributed by atoms with E-state index in [2.05, 4.69) is 48.6 Å². The highest BCUT2D eigenvalue weighted by Gasteiger charge is 2.16. The summed E-state index contributed by atoms with van der Waals surface area (Å²) in [5.41, 5.74) is 3.21. The van der Waals surface area contributed by atoms with E-state index in [1.807, 2.05) is 48.8 Å². The summed E-state index contributed by atoms with van der Waals surface area (Å²) >= 11 is 1.60. The van der Waals surface area contributed by atoms with Gasteiger partial charge in [0.25, 0.3) is 0 Å². The Morgan fingerprint density at radius 3 is 2.12 bits per heavy atom. The summed E-state index contributed by atoms with van der Waals surface area (Å²) in [6.45, 7) is 1.40. The largest absolute Gasteiger partial charge is 0.330 e. The molecule has 5 aromatic rings. The van der Waals surface area contributed by atoms with Crippen molar-refractivity contribution in [1.29, 1.82) is 0 Å². The zero-order valence-electron chi connectivity index (χ0n) is 17.9. The van der Waals surface area contributed by atoms with E-state index in [9.17, 15) is 4.39 Å². The lowest BCUT2D eigenvalue weighted by Gasteiger charge is -2.11. The van der Waals surface area contributed by atoms with Gasteiger partial charge in [0, 0.05) is 24.5 Å². The molecule has 7 heteroatoms. The maximum atomic E-state index is 13.5. The highest BCUT2D eigenvalue weighted by atomic mass is 32.2. The van der Waals surface area contributed by atoms with E-state index in [0.29, 0.717) is 18.1 Å². The van der Waals surface area contributed by atoms with Crippen LogP contribution in [0.1, 0.15) is 17.0 Å². The second kappa shape index (κ2) is 9.83. The summed E-state index contributed by atoms with van der Waals surface area (Å²) in [4.78, 5) is 4.56. The Morgan fingerprint density at radius 1 is 0.758 bits per heavy atom. The Morgan fingerprint density at radius 2 is 1.42 bits per heavy atom. The predicted molar refractivity (Wildman–Crippen MR) is 128 cm³/mol. The number of thioether (sulfide) groups is 1. The van der Waals surface area contributed by atoms with Gasteiger partial charge < -0.3 is 4.57 Å². The molecule has 0 aliphatic rings. The second-order valence-corrected chi connectivity index (χ2v) is 8.57. The third-order valence-electron chi connectivity index (χ3n) is 5.33. The van der Waals surface area contributed by atoms with Crippen molar-refractivity contribution in [3.8, 4) is 11.4 Å². The van der Waals surface area contributed by atoms with Gasteiger partial charge in [-0.15, -0.1) is 10.2 Å². The first-order valence-corrected chi connectivity index (χ1v) is 11.6. The fourth-order valence-corrected chi connectivity index (χ4v) is 4.55. The maximum Gasteiger partial charge on any atom is 0.192 e. The van der Waals surface area contributed by atoms with Gasteiger partial charge in [-0.1, -0.05) is 72.4 Å². The molecule has 5 rings (SSSR count). The maximum absolute atomic E-state index is 13.5. The molecule has 0 atom stereocenters. The molecule has 0 bridgehead atoms. The molecule has 0 aliphatic carbocycles. The summed E-state index contributed by atoms with van der Waals surface area (Å²) in [5.74, 6) is 2.08. The molecule has 0 radical (unpaired) electrons. The van der Waals surface area contributed by atoms with Gasteiger partial charge in [-0.25, -0.2) is 9.37 Å². The third kappa shape index (κ3) is 5.04. The molecule has 0 unspecified atom stereocenters. The smallest absolute Gasteiger partial charge is 0.192 e. The number of halogens is 1. The van der Waals surface area contributed by atoms with Crippen LogP contribution < -0.4 is 0 Å². The molecule has 164 valence electrons. The Labute approximate surface area is 196 Å². The van der Waals surface area contributed by atoms with Crippen LogP contribution in [0.4, 0.5) is 4.39 Å². The molecule has 0 N–H and O–H groups in total. The minimum atomic E-state index is -0.271. The zero-order valence-corrected chi connectivity index (χ0v) is 18.7. The lowest BCUT2D eigenvalue weighted by molar-refractivity contribution is 0.628. The average molecular weight is 456 g/mol. The number of aromatic nitrogens is 5. The van der Waals surface area contributed by atoms with Crippen LogP contribution in [-0.4, -0.2) is 24.3 Å². The van der Waals surface area contributed by atoms with Gasteiger partial charge in [-0.3, -0.25) is 4.57 Å². The Balaban J connectivity index is 1.40. The van der Waals surface area contributed by atoms with Crippen molar-refractivity contribution in [2.75, 3.05) is 0 Å². The second-order valence-electron chi connectivity index (χ2n) is 7.63. The molecule has 33 heavy (non-hydrogen) atoms. The highest BCUT2D eigenvalue weighted by Crippen LogP contribution is 2.27. The number of rotatable bonds is 8. The molecule has 0 saturated heterocycles. The SMILES string of the molecule is Fc1ccc(-c2nnc(SCc3nccn3Cc3ccccc3)n2Cc2ccccc2)cc1. The first-order valence-electron chi connectivity index (χ1n) is 10.7. The van der Waals surface area contributed by atoms with Crippen molar-refractivity contribution < 1.29 is 4.39 Å². The van der Waals surface area contributed by atoms with Gasteiger partial charge in [-0.2, -0.15) is 0 Å². The number of hydrogen-bond donors (Lipinski definition) is 0. The molecule has 0 saturated carbocycles. The molecule has 0 amide bonds. The van der Waals surface area contributed by atoms with Crippen LogP contribution in [0.25, 0.3) is 11.4 Å². The monoisotopic (exact) mass is 455 g/mol. The number of imidazole rings is 1. The van der Waals surface area contributed by atoms with Gasteiger partial charge in [0.1, 0.15) is 11.6 Å². The van der Waals surface area contributed by atoms with Gasteiger partial charge in [0.05, 0.1) is 12.3 Å². The summed E-state index contributed by atoms with van der Waals surface area (Å²) in [6, 6.07) is 26.9. The lowest BCUT2D eigenvalue weighted by atomic mass is 10.2. The van der Waals surface area contributed by atoms with Crippen LogP contribution in [0, 0.1) is 5.82 Å². The lowest BCUT2D eigenvalue weighted by Crippen LogP contribution is -2.06. The van der Waals surface area contributed by atoms with E-state index in [0.717, 1.165) is 28.7 Å². The fourth-order valence-electron chi connectivity index (χ4n) is 3.65. The van der Waals surface area contributed by atoms with Crippen molar-refractivity contribution in [1.82, 2.24) is 24.3 Å². The molecule has 0 spiro atoms. The van der Waals surface area contributed by atoms with Gasteiger partial charge in [0.2, 0.25) is 0 Å². The number of hydrogen-bond acceptors (Lipinski definition) is 4. The summed E-state index contributed by atoms with van der Waals surface area (Å²) < 4.78 is 17.7. The zero-order chi connectivity index (χ0) is 22.5. The van der Waals surface area contributed by atoms with Crippen LogP contribution in [0.3, 0.4) is 0 Å². The summed E-state index contributed by atoms with van der Waals surface area (Å²) in [6.07, 6.45) is 3.83. The summed E-state index contributed by atoms with van der Waals surface area (Å²) in [5, 5.41) is 9.71. The standard InChI is InChI=1S/C26H22FN5S/c27-23-13-11-22(12-14-23)25-29-30-26(32(25)18-21-9-5-2-6-10-21)33-19-24-28-15-16-31(24)17-20-7-3-1-4-8-20/h1-16H,17-19H2. The van der Waals surface area contributed by atoms with Crippen molar-refractivity contribution in [2.24, 2.45) is 0 Å². The minimum Gasteiger partial charge on any atom is -0.330 e. The Hall–Kier alpha value is -3.71. The molecule has 2 aromatic heterocycles. The Bertz CT molecular complexity index is 1310. The first-order chi connectivity index (χ1) is 16.3. The fraction of sp³-hybridized carbons (Fsp3) is 0.115. The minimum absolute atomic E-state index is 0.271. The molecule has 0 aliphatic heterocycles. The molecule has 3 aromatic carbocycles. The number of benzene rings is 3. The molecular formula is C26H22FN5S. The number of nitrogens with zero attached hydrogens (tertiary/aromatic N) is 5. The summed E-state index contributed by atoms with van der Waals surface area (Å²) in [7, 11) is 0. The van der Waals surface area contributed by atoms with Gasteiger partial charge in [0.15, 0.2) is 11.0 Å². The van der Waals surface area contributed by atoms with E-state index >= 15 is 0 Å².